The van der Waals surface area contributed by atoms with Crippen LogP contribution in [-0.4, -0.2) is 58.4 Å². The van der Waals surface area contributed by atoms with Crippen molar-refractivity contribution in [1.29, 1.82) is 0 Å². The number of hydrogen-bond acceptors (Lipinski definition) is 5. The molecule has 2 aliphatic rings. The molecule has 0 atom stereocenters. The van der Waals surface area contributed by atoms with Gasteiger partial charge in [0, 0.05) is 37.8 Å². The monoisotopic (exact) mass is 392 g/mol. The number of urea groups is 1. The average molecular weight is 393 g/mol. The molecule has 2 aliphatic heterocycles. The van der Waals surface area contributed by atoms with Crippen molar-refractivity contribution in [3.63, 3.8) is 0 Å². The summed E-state index contributed by atoms with van der Waals surface area (Å²) in [7, 11) is 0. The summed E-state index contributed by atoms with van der Waals surface area (Å²) < 4.78 is 0. The zero-order valence-corrected chi connectivity index (χ0v) is 17.8. The zero-order chi connectivity index (χ0) is 19.6. The molecule has 0 N–H and O–H groups in total. The molecule has 1 spiro atoms. The number of thiazole rings is 1. The smallest absolute Gasteiger partial charge is 0.327 e. The van der Waals surface area contributed by atoms with E-state index in [1.807, 2.05) is 16.5 Å². The molecule has 150 valence electrons. The van der Waals surface area contributed by atoms with Crippen LogP contribution in [0.5, 0.6) is 0 Å². The maximum absolute atomic E-state index is 13.5. The Balaban J connectivity index is 1.82. The van der Waals surface area contributed by atoms with Crippen molar-refractivity contribution in [3.8, 4) is 0 Å². The Morgan fingerprint density at radius 2 is 1.81 bits per heavy atom. The zero-order valence-electron chi connectivity index (χ0n) is 17.0. The van der Waals surface area contributed by atoms with Crippen LogP contribution in [0.15, 0.2) is 11.6 Å². The molecule has 3 heterocycles. The van der Waals surface area contributed by atoms with E-state index in [0.717, 1.165) is 31.1 Å². The number of anilines is 1. The van der Waals surface area contributed by atoms with Crippen molar-refractivity contribution < 1.29 is 9.59 Å². The molecule has 6 nitrogen and oxygen atoms in total. The topological polar surface area (TPSA) is 56.8 Å². The second-order valence-corrected chi connectivity index (χ2v) is 9.09. The quantitative estimate of drug-likeness (QED) is 0.662. The van der Waals surface area contributed by atoms with Crippen LogP contribution in [-0.2, 0) is 4.79 Å². The fourth-order valence-corrected chi connectivity index (χ4v) is 4.99. The minimum Gasteiger partial charge on any atom is -0.348 e. The first-order valence-electron chi connectivity index (χ1n) is 10.2. The molecule has 0 aliphatic carbocycles. The number of nitrogens with zero attached hydrogens (tertiary/aromatic N) is 4. The van der Waals surface area contributed by atoms with E-state index in [0.29, 0.717) is 37.8 Å². The highest BCUT2D eigenvalue weighted by atomic mass is 32.1. The summed E-state index contributed by atoms with van der Waals surface area (Å²) >= 11 is 1.63. The van der Waals surface area contributed by atoms with Gasteiger partial charge in [0.15, 0.2) is 5.13 Å². The van der Waals surface area contributed by atoms with Crippen LogP contribution in [0, 0.1) is 11.8 Å². The first-order valence-corrected chi connectivity index (χ1v) is 11.1. The second-order valence-electron chi connectivity index (χ2n) is 8.22. The van der Waals surface area contributed by atoms with E-state index < -0.39 is 5.54 Å². The highest BCUT2D eigenvalue weighted by Gasteiger charge is 2.58. The number of amides is 3. The Hall–Kier alpha value is -1.63. The maximum atomic E-state index is 13.5. The number of hydrogen-bond donors (Lipinski definition) is 0. The molecule has 2 saturated heterocycles. The summed E-state index contributed by atoms with van der Waals surface area (Å²) in [5.74, 6) is 0.743. The van der Waals surface area contributed by atoms with Gasteiger partial charge in [0.25, 0.3) is 5.91 Å². The lowest BCUT2D eigenvalue weighted by Crippen LogP contribution is -2.57. The van der Waals surface area contributed by atoms with E-state index in [4.69, 9.17) is 0 Å². The lowest BCUT2D eigenvalue weighted by molar-refractivity contribution is -0.134. The van der Waals surface area contributed by atoms with Crippen molar-refractivity contribution in [2.75, 3.05) is 31.1 Å². The number of carbonyl (C=O) groups is 2. The molecule has 1 aromatic heterocycles. The Labute approximate surface area is 166 Å². The van der Waals surface area contributed by atoms with Crippen LogP contribution in [0.3, 0.4) is 0 Å². The number of carbonyl (C=O) groups excluding carboxylic acids is 2. The van der Waals surface area contributed by atoms with E-state index in [2.05, 4.69) is 37.6 Å². The molecule has 3 amide bonds. The average Bonchev–Trinajstić information content (AvgIpc) is 3.25. The third-order valence-corrected chi connectivity index (χ3v) is 6.88. The van der Waals surface area contributed by atoms with E-state index in [1.165, 1.54) is 0 Å². The van der Waals surface area contributed by atoms with Crippen molar-refractivity contribution in [1.82, 2.24) is 14.8 Å². The summed E-state index contributed by atoms with van der Waals surface area (Å²) in [5.41, 5.74) is -0.666. The molecular weight excluding hydrogens is 360 g/mol. The van der Waals surface area contributed by atoms with Crippen molar-refractivity contribution in [3.05, 3.63) is 11.6 Å². The van der Waals surface area contributed by atoms with E-state index >= 15 is 0 Å². The van der Waals surface area contributed by atoms with Gasteiger partial charge in [0.2, 0.25) is 0 Å². The fourth-order valence-electron chi connectivity index (χ4n) is 4.29. The van der Waals surface area contributed by atoms with Gasteiger partial charge in [-0.25, -0.2) is 9.78 Å². The molecule has 0 radical (unpaired) electrons. The standard InChI is InChI=1S/C20H32N4O2S/c1-5-16(6-2)14-23-17(25)20(24(19(23)26)13-15(3)4)7-10-22(11-8-20)18-21-9-12-27-18/h9,12,15-16H,5-8,10-11,13-14H2,1-4H3. The van der Waals surface area contributed by atoms with Gasteiger partial charge < -0.3 is 9.80 Å². The largest absolute Gasteiger partial charge is 0.348 e. The minimum atomic E-state index is -0.666. The molecule has 3 rings (SSSR count). The van der Waals surface area contributed by atoms with Gasteiger partial charge in [-0.1, -0.05) is 40.5 Å². The SMILES string of the molecule is CCC(CC)CN1C(=O)N(CC(C)C)C2(CCN(c3nccs3)CC2)C1=O. The number of imide groups is 1. The highest BCUT2D eigenvalue weighted by molar-refractivity contribution is 7.13. The van der Waals surface area contributed by atoms with Crippen LogP contribution in [0.2, 0.25) is 0 Å². The van der Waals surface area contributed by atoms with Crippen LogP contribution in [0.4, 0.5) is 9.93 Å². The van der Waals surface area contributed by atoms with Crippen molar-refractivity contribution in [2.24, 2.45) is 11.8 Å². The summed E-state index contributed by atoms with van der Waals surface area (Å²) in [6, 6.07) is -0.0803. The Kier molecular flexibility index (Phi) is 6.08. The van der Waals surface area contributed by atoms with Gasteiger partial charge in [-0.15, -0.1) is 11.3 Å². The molecule has 0 saturated carbocycles. The van der Waals surface area contributed by atoms with Gasteiger partial charge in [0.05, 0.1) is 0 Å². The van der Waals surface area contributed by atoms with Gasteiger partial charge in [-0.2, -0.15) is 0 Å². The predicted octanol–water partition coefficient (Wildman–Crippen LogP) is 3.84. The van der Waals surface area contributed by atoms with Crippen LogP contribution >= 0.6 is 11.3 Å². The van der Waals surface area contributed by atoms with E-state index in [-0.39, 0.29) is 11.9 Å². The lowest BCUT2D eigenvalue weighted by Gasteiger charge is -2.42. The number of aromatic nitrogens is 1. The third kappa shape index (κ3) is 3.71. The molecule has 7 heteroatoms. The molecule has 1 aromatic rings. The van der Waals surface area contributed by atoms with Crippen molar-refractivity contribution in [2.45, 2.75) is 58.9 Å². The summed E-state index contributed by atoms with van der Waals surface area (Å²) in [5, 5.41) is 2.98. The molecule has 0 unspecified atom stereocenters. The first-order chi connectivity index (χ1) is 12.9. The Morgan fingerprint density at radius 3 is 2.33 bits per heavy atom. The van der Waals surface area contributed by atoms with Gasteiger partial charge in [-0.05, 0) is 24.7 Å². The first kappa shape index (κ1) is 20.1. The molecule has 27 heavy (non-hydrogen) atoms. The number of piperidine rings is 1. The second kappa shape index (κ2) is 8.17. The van der Waals surface area contributed by atoms with Gasteiger partial charge >= 0.3 is 6.03 Å². The van der Waals surface area contributed by atoms with Gasteiger partial charge in [-0.3, -0.25) is 9.69 Å². The normalized spacial score (nSPS) is 20.0. The fraction of sp³-hybridized carbons (Fsp3) is 0.750. The van der Waals surface area contributed by atoms with Gasteiger partial charge in [0.1, 0.15) is 5.54 Å². The molecule has 2 fully saturated rings. The van der Waals surface area contributed by atoms with E-state index in [9.17, 15) is 9.59 Å². The van der Waals surface area contributed by atoms with Crippen molar-refractivity contribution >= 4 is 28.4 Å². The van der Waals surface area contributed by atoms with E-state index in [1.54, 1.807) is 16.2 Å². The lowest BCUT2D eigenvalue weighted by atomic mass is 9.85. The van der Waals surface area contributed by atoms with Crippen LogP contribution in [0.25, 0.3) is 0 Å². The Morgan fingerprint density at radius 1 is 1.15 bits per heavy atom. The Bertz CT molecular complexity index is 649. The molecule has 0 bridgehead atoms. The summed E-state index contributed by atoms with van der Waals surface area (Å²) in [6.07, 6.45) is 5.16. The molecule has 0 aromatic carbocycles. The predicted molar refractivity (Wildman–Crippen MR) is 109 cm³/mol. The van der Waals surface area contributed by atoms with Crippen LogP contribution in [0.1, 0.15) is 53.4 Å². The summed E-state index contributed by atoms with van der Waals surface area (Å²) in [6.45, 7) is 11.2. The number of rotatable bonds is 7. The highest BCUT2D eigenvalue weighted by Crippen LogP contribution is 2.39. The molecular formula is C20H32N4O2S. The summed E-state index contributed by atoms with van der Waals surface area (Å²) in [4.78, 5) is 36.8. The van der Waals surface area contributed by atoms with Crippen LogP contribution < -0.4 is 4.90 Å². The maximum Gasteiger partial charge on any atom is 0.327 e. The minimum absolute atomic E-state index is 0.0267. The third-order valence-electron chi connectivity index (χ3n) is 6.05.